The van der Waals surface area contributed by atoms with Crippen molar-refractivity contribution in [3.05, 3.63) is 60.8 Å². The van der Waals surface area contributed by atoms with Crippen LogP contribution in [0.1, 0.15) is 97.3 Å². The fourth-order valence-electron chi connectivity index (χ4n) is 4.76. The van der Waals surface area contributed by atoms with Gasteiger partial charge >= 0.3 is 11.9 Å². The number of carbonyl (C=O) groups excluding carboxylic acids is 2. The Morgan fingerprint density at radius 3 is 1.90 bits per heavy atom. The lowest BCUT2D eigenvalue weighted by Crippen LogP contribution is -2.60. The van der Waals surface area contributed by atoms with E-state index in [0.717, 1.165) is 25.7 Å². The Morgan fingerprint density at radius 1 is 0.714 bits per heavy atom. The van der Waals surface area contributed by atoms with E-state index in [4.69, 9.17) is 23.5 Å². The van der Waals surface area contributed by atoms with Crippen LogP contribution in [0.2, 0.25) is 0 Å². The van der Waals surface area contributed by atoms with E-state index in [9.17, 15) is 33.3 Å². The van der Waals surface area contributed by atoms with Gasteiger partial charge in [0.2, 0.25) is 0 Å². The first-order valence-electron chi connectivity index (χ1n) is 17.4. The number of allylic oxidation sites excluding steroid dienone is 10. The standard InChI is InChI=1S/C36H58O12S/c1-3-5-7-9-11-13-14-15-16-17-19-21-23-25-32(38)47-29(26-45-31(37)24-22-20-18-12-10-8-6-4-2)27-46-36-35(41)34(40)33(39)30(48-36)28-49(42,43)44/h5,7,9,11,13-17,19,29-30,33-36,39-41H,3-4,6,8,10,12,18,20-28H2,1-2H3,(H,42,43,44)/b7-5+,11-9+,14-13+,16-15+,19-17+/t29?,30-,33-,34?,35?,36+/m1/s1. The van der Waals surface area contributed by atoms with Crippen molar-refractivity contribution in [1.82, 2.24) is 0 Å². The average molecular weight is 715 g/mol. The minimum atomic E-state index is -4.60. The molecule has 3 unspecified atom stereocenters. The van der Waals surface area contributed by atoms with Crippen LogP contribution in [0.15, 0.2) is 60.8 Å². The number of rotatable bonds is 26. The highest BCUT2D eigenvalue weighted by Gasteiger charge is 2.46. The lowest BCUT2D eigenvalue weighted by Gasteiger charge is -2.40. The summed E-state index contributed by atoms with van der Waals surface area (Å²) in [7, 11) is -4.60. The van der Waals surface area contributed by atoms with Crippen molar-refractivity contribution in [2.24, 2.45) is 0 Å². The van der Waals surface area contributed by atoms with Crippen molar-refractivity contribution in [2.45, 2.75) is 134 Å². The molecule has 13 heteroatoms. The van der Waals surface area contributed by atoms with Crippen LogP contribution in [-0.4, -0.2) is 96.0 Å². The predicted octanol–water partition coefficient (Wildman–Crippen LogP) is 5.05. The molecule has 0 aliphatic carbocycles. The predicted molar refractivity (Wildman–Crippen MR) is 187 cm³/mol. The molecule has 0 aromatic heterocycles. The van der Waals surface area contributed by atoms with E-state index in [1.54, 1.807) is 0 Å². The van der Waals surface area contributed by atoms with Crippen LogP contribution in [0, 0.1) is 0 Å². The van der Waals surface area contributed by atoms with Gasteiger partial charge in [-0.2, -0.15) is 8.42 Å². The molecular formula is C36H58O12S. The third-order valence-corrected chi connectivity index (χ3v) is 8.24. The monoisotopic (exact) mass is 714 g/mol. The van der Waals surface area contributed by atoms with Gasteiger partial charge in [-0.05, 0) is 25.7 Å². The molecule has 0 bridgehead atoms. The van der Waals surface area contributed by atoms with E-state index in [2.05, 4.69) is 19.9 Å². The summed E-state index contributed by atoms with van der Waals surface area (Å²) >= 11 is 0. The molecule has 4 N–H and O–H groups in total. The maximum absolute atomic E-state index is 12.6. The first-order chi connectivity index (χ1) is 23.5. The zero-order valence-electron chi connectivity index (χ0n) is 29.0. The molecule has 6 atom stereocenters. The molecule has 1 fully saturated rings. The van der Waals surface area contributed by atoms with Gasteiger partial charge in [0.25, 0.3) is 10.1 Å². The van der Waals surface area contributed by atoms with Gasteiger partial charge < -0.3 is 34.3 Å². The molecule has 12 nitrogen and oxygen atoms in total. The number of carbonyl (C=O) groups is 2. The quantitative estimate of drug-likeness (QED) is 0.0405. The topological polar surface area (TPSA) is 186 Å². The Morgan fingerprint density at radius 2 is 1.29 bits per heavy atom. The van der Waals surface area contributed by atoms with Crippen LogP contribution in [0.5, 0.6) is 0 Å². The van der Waals surface area contributed by atoms with Crippen molar-refractivity contribution in [1.29, 1.82) is 0 Å². The first kappa shape index (κ1) is 44.4. The molecule has 1 aliphatic heterocycles. The molecule has 1 rings (SSSR count). The lowest BCUT2D eigenvalue weighted by molar-refractivity contribution is -0.297. The molecule has 0 spiro atoms. The summed E-state index contributed by atoms with van der Waals surface area (Å²) in [6.45, 7) is 3.45. The molecule has 0 aromatic carbocycles. The highest BCUT2D eigenvalue weighted by molar-refractivity contribution is 7.85. The van der Waals surface area contributed by atoms with Gasteiger partial charge in [-0.3, -0.25) is 14.1 Å². The Bertz CT molecular complexity index is 1160. The summed E-state index contributed by atoms with van der Waals surface area (Å²) < 4.78 is 53.5. The SMILES string of the molecule is CC/C=C/C=C/C=C/C=C/C=C/CCCC(=O)OC(COC(=O)CCCCCCCCCC)CO[C@H]1O[C@H](CS(=O)(=O)O)[C@@H](O)C(O)C1O. The van der Waals surface area contributed by atoms with Crippen LogP contribution >= 0.6 is 0 Å². The van der Waals surface area contributed by atoms with Gasteiger partial charge in [-0.15, -0.1) is 0 Å². The van der Waals surface area contributed by atoms with Crippen LogP contribution < -0.4 is 0 Å². The molecule has 1 saturated heterocycles. The second kappa shape index (κ2) is 27.1. The van der Waals surface area contributed by atoms with Gasteiger partial charge in [-0.25, -0.2) is 0 Å². The van der Waals surface area contributed by atoms with E-state index in [1.807, 2.05) is 54.7 Å². The number of unbranched alkanes of at least 4 members (excludes halogenated alkanes) is 8. The molecule has 280 valence electrons. The summed E-state index contributed by atoms with van der Waals surface area (Å²) in [6.07, 6.45) is 20.4. The Balaban J connectivity index is 2.65. The second-order valence-corrected chi connectivity index (χ2v) is 13.4. The minimum absolute atomic E-state index is 0.0661. The van der Waals surface area contributed by atoms with E-state index in [-0.39, 0.29) is 19.4 Å². The van der Waals surface area contributed by atoms with Crippen LogP contribution in [-0.2, 0) is 38.7 Å². The fraction of sp³-hybridized carbons (Fsp3) is 0.667. The molecular weight excluding hydrogens is 656 g/mol. The Labute approximate surface area is 292 Å². The lowest BCUT2D eigenvalue weighted by atomic mass is 10.00. The van der Waals surface area contributed by atoms with E-state index >= 15 is 0 Å². The normalized spacial score (nSPS) is 22.6. The zero-order chi connectivity index (χ0) is 36.3. The van der Waals surface area contributed by atoms with Crippen molar-refractivity contribution < 1.29 is 56.8 Å². The molecule has 49 heavy (non-hydrogen) atoms. The van der Waals surface area contributed by atoms with Crippen molar-refractivity contribution >= 4 is 22.1 Å². The molecule has 0 radical (unpaired) electrons. The third-order valence-electron chi connectivity index (χ3n) is 7.49. The molecule has 0 aromatic rings. The Hall–Kier alpha value is -2.65. The van der Waals surface area contributed by atoms with Crippen molar-refractivity contribution in [2.75, 3.05) is 19.0 Å². The van der Waals surface area contributed by atoms with Crippen molar-refractivity contribution in [3.8, 4) is 0 Å². The summed E-state index contributed by atoms with van der Waals surface area (Å²) in [4.78, 5) is 25.0. The maximum Gasteiger partial charge on any atom is 0.306 e. The van der Waals surface area contributed by atoms with Gasteiger partial charge in [0.1, 0.15) is 36.8 Å². The molecule has 1 heterocycles. The number of esters is 2. The van der Waals surface area contributed by atoms with Gasteiger partial charge in [0, 0.05) is 12.8 Å². The summed E-state index contributed by atoms with van der Waals surface area (Å²) in [6, 6.07) is 0. The minimum Gasteiger partial charge on any atom is -0.462 e. The van der Waals surface area contributed by atoms with Gasteiger partial charge in [0.05, 0.1) is 6.61 Å². The summed E-state index contributed by atoms with van der Waals surface area (Å²) in [5.74, 6) is -2.10. The highest BCUT2D eigenvalue weighted by atomic mass is 32.2. The van der Waals surface area contributed by atoms with E-state index in [1.165, 1.54) is 25.7 Å². The van der Waals surface area contributed by atoms with Gasteiger partial charge in [0.15, 0.2) is 12.4 Å². The van der Waals surface area contributed by atoms with Crippen molar-refractivity contribution in [3.63, 3.8) is 0 Å². The number of aliphatic hydroxyl groups excluding tert-OH is 3. The van der Waals surface area contributed by atoms with E-state index < -0.39 is 71.2 Å². The van der Waals surface area contributed by atoms with E-state index in [0.29, 0.717) is 19.3 Å². The van der Waals surface area contributed by atoms with Crippen LogP contribution in [0.25, 0.3) is 0 Å². The number of aliphatic hydroxyl groups is 3. The summed E-state index contributed by atoms with van der Waals surface area (Å²) in [5, 5.41) is 30.6. The summed E-state index contributed by atoms with van der Waals surface area (Å²) in [5.41, 5.74) is 0. The third kappa shape index (κ3) is 22.6. The zero-order valence-corrected chi connectivity index (χ0v) is 29.8. The second-order valence-electron chi connectivity index (χ2n) is 11.9. The number of hydrogen-bond acceptors (Lipinski definition) is 11. The highest BCUT2D eigenvalue weighted by Crippen LogP contribution is 2.23. The number of ether oxygens (including phenoxy) is 4. The average Bonchev–Trinajstić information content (AvgIpc) is 3.05. The molecule has 0 amide bonds. The number of hydrogen-bond donors (Lipinski definition) is 4. The first-order valence-corrected chi connectivity index (χ1v) is 19.0. The molecule has 1 aliphatic rings. The van der Waals surface area contributed by atoms with Gasteiger partial charge in [-0.1, -0.05) is 120 Å². The Kier molecular flexibility index (Phi) is 24.6. The fourth-order valence-corrected chi connectivity index (χ4v) is 5.45. The maximum atomic E-state index is 12.6. The van der Waals surface area contributed by atoms with Crippen LogP contribution in [0.4, 0.5) is 0 Å². The van der Waals surface area contributed by atoms with Crippen LogP contribution in [0.3, 0.4) is 0 Å². The molecule has 0 saturated carbocycles. The largest absolute Gasteiger partial charge is 0.462 e. The smallest absolute Gasteiger partial charge is 0.306 e.